The second-order valence-corrected chi connectivity index (χ2v) is 6.55. The highest BCUT2D eigenvalue weighted by molar-refractivity contribution is 6.31. The smallest absolute Gasteiger partial charge is 0.305 e. The molecule has 1 saturated carbocycles. The first-order valence-corrected chi connectivity index (χ1v) is 8.88. The fraction of sp³-hybridized carbons (Fsp3) is 0.579. The van der Waals surface area contributed by atoms with E-state index in [1.54, 1.807) is 6.92 Å². The van der Waals surface area contributed by atoms with Gasteiger partial charge >= 0.3 is 5.97 Å². The lowest BCUT2D eigenvalue weighted by Gasteiger charge is -2.23. The standard InChI is InChI=1S/C19H24ClNO2/c1-2-23-19(22)11-9-16(13-21)15-8-10-17(18(20)12-15)14-6-4-3-5-7-14/h8,10,12,14,16H,2-7,9,11H2,1H3. The average molecular weight is 334 g/mol. The van der Waals surface area contributed by atoms with Crippen LogP contribution in [-0.4, -0.2) is 12.6 Å². The van der Waals surface area contributed by atoms with Crippen LogP contribution in [0.3, 0.4) is 0 Å². The molecular formula is C19H24ClNO2. The molecule has 1 aliphatic carbocycles. The molecule has 0 spiro atoms. The molecule has 23 heavy (non-hydrogen) atoms. The molecule has 4 heteroatoms. The van der Waals surface area contributed by atoms with E-state index in [4.69, 9.17) is 16.3 Å². The number of esters is 1. The van der Waals surface area contributed by atoms with E-state index in [0.29, 0.717) is 18.9 Å². The van der Waals surface area contributed by atoms with Gasteiger partial charge in [-0.25, -0.2) is 0 Å². The van der Waals surface area contributed by atoms with Crippen molar-refractivity contribution in [2.75, 3.05) is 6.61 Å². The Morgan fingerprint density at radius 3 is 2.74 bits per heavy atom. The Morgan fingerprint density at radius 1 is 1.39 bits per heavy atom. The van der Waals surface area contributed by atoms with Crippen LogP contribution in [0.25, 0.3) is 0 Å². The summed E-state index contributed by atoms with van der Waals surface area (Å²) in [5.41, 5.74) is 2.10. The Hall–Kier alpha value is -1.53. The molecule has 124 valence electrons. The molecule has 0 heterocycles. The van der Waals surface area contributed by atoms with Gasteiger partial charge in [0.15, 0.2) is 0 Å². The molecule has 1 unspecified atom stereocenters. The van der Waals surface area contributed by atoms with Crippen molar-refractivity contribution in [3.05, 3.63) is 34.3 Å². The number of benzene rings is 1. The molecule has 0 aromatic heterocycles. The van der Waals surface area contributed by atoms with Gasteiger partial charge in [0.25, 0.3) is 0 Å². The summed E-state index contributed by atoms with van der Waals surface area (Å²) in [4.78, 5) is 11.5. The van der Waals surface area contributed by atoms with Crippen LogP contribution in [-0.2, 0) is 9.53 Å². The molecular weight excluding hydrogens is 310 g/mol. The highest BCUT2D eigenvalue weighted by Gasteiger charge is 2.20. The van der Waals surface area contributed by atoms with E-state index in [2.05, 4.69) is 12.1 Å². The summed E-state index contributed by atoms with van der Waals surface area (Å²) < 4.78 is 4.92. The monoisotopic (exact) mass is 333 g/mol. The minimum atomic E-state index is -0.322. The average Bonchev–Trinajstić information content (AvgIpc) is 2.56. The summed E-state index contributed by atoms with van der Waals surface area (Å²) in [5, 5.41) is 10.1. The molecule has 0 N–H and O–H groups in total. The third kappa shape index (κ3) is 4.97. The van der Waals surface area contributed by atoms with Crippen molar-refractivity contribution < 1.29 is 9.53 Å². The van der Waals surface area contributed by atoms with Crippen LogP contribution in [0.15, 0.2) is 18.2 Å². The number of hydrogen-bond donors (Lipinski definition) is 0. The van der Waals surface area contributed by atoms with Gasteiger partial charge in [-0.15, -0.1) is 0 Å². The van der Waals surface area contributed by atoms with Gasteiger partial charge in [-0.3, -0.25) is 4.79 Å². The zero-order valence-electron chi connectivity index (χ0n) is 13.7. The molecule has 1 aromatic rings. The summed E-state index contributed by atoms with van der Waals surface area (Å²) in [6.07, 6.45) is 6.97. The number of carbonyl (C=O) groups excluding carboxylic acids is 1. The molecule has 1 atom stereocenters. The molecule has 1 aromatic carbocycles. The van der Waals surface area contributed by atoms with Gasteiger partial charge in [0, 0.05) is 11.4 Å². The Labute approximate surface area is 143 Å². The largest absolute Gasteiger partial charge is 0.466 e. The predicted octanol–water partition coefficient (Wildman–Crippen LogP) is 5.34. The van der Waals surface area contributed by atoms with Gasteiger partial charge in [0.05, 0.1) is 18.6 Å². The Morgan fingerprint density at radius 2 is 2.13 bits per heavy atom. The molecule has 0 amide bonds. The third-order valence-corrected chi connectivity index (χ3v) is 4.90. The SMILES string of the molecule is CCOC(=O)CCC(C#N)c1ccc(C2CCCCC2)c(Cl)c1. The summed E-state index contributed by atoms with van der Waals surface area (Å²) in [7, 11) is 0. The number of nitriles is 1. The van der Waals surface area contributed by atoms with Crippen molar-refractivity contribution in [1.29, 1.82) is 5.26 Å². The van der Waals surface area contributed by atoms with Crippen molar-refractivity contribution in [2.24, 2.45) is 0 Å². The number of halogens is 1. The molecule has 0 saturated heterocycles. The zero-order chi connectivity index (χ0) is 16.7. The van der Waals surface area contributed by atoms with Crippen molar-refractivity contribution in [3.8, 4) is 6.07 Å². The van der Waals surface area contributed by atoms with Gasteiger partial charge in [-0.05, 0) is 49.3 Å². The van der Waals surface area contributed by atoms with E-state index < -0.39 is 0 Å². The van der Waals surface area contributed by atoms with Gasteiger partial charge in [0.1, 0.15) is 0 Å². The van der Waals surface area contributed by atoms with E-state index in [-0.39, 0.29) is 18.3 Å². The normalized spacial score (nSPS) is 16.6. The third-order valence-electron chi connectivity index (χ3n) is 4.57. The zero-order valence-corrected chi connectivity index (χ0v) is 14.4. The summed E-state index contributed by atoms with van der Waals surface area (Å²) in [6.45, 7) is 2.15. The van der Waals surface area contributed by atoms with Crippen molar-refractivity contribution in [1.82, 2.24) is 0 Å². The van der Waals surface area contributed by atoms with Crippen molar-refractivity contribution in [2.45, 2.75) is 63.7 Å². The van der Waals surface area contributed by atoms with Gasteiger partial charge < -0.3 is 4.74 Å². The molecule has 0 radical (unpaired) electrons. The fourth-order valence-corrected chi connectivity index (χ4v) is 3.65. The predicted molar refractivity (Wildman–Crippen MR) is 91.5 cm³/mol. The molecule has 0 aliphatic heterocycles. The van der Waals surface area contributed by atoms with Crippen LogP contribution in [0, 0.1) is 11.3 Å². The van der Waals surface area contributed by atoms with Crippen LogP contribution in [0.2, 0.25) is 5.02 Å². The van der Waals surface area contributed by atoms with Gasteiger partial charge in [-0.1, -0.05) is 43.0 Å². The highest BCUT2D eigenvalue weighted by atomic mass is 35.5. The van der Waals surface area contributed by atoms with Crippen LogP contribution in [0.4, 0.5) is 0 Å². The molecule has 1 aliphatic rings. The minimum absolute atomic E-state index is 0.252. The lowest BCUT2D eigenvalue weighted by atomic mass is 9.83. The van der Waals surface area contributed by atoms with Gasteiger partial charge in [0.2, 0.25) is 0 Å². The highest BCUT2D eigenvalue weighted by Crippen LogP contribution is 2.37. The fourth-order valence-electron chi connectivity index (χ4n) is 3.31. The quantitative estimate of drug-likeness (QED) is 0.660. The van der Waals surface area contributed by atoms with Crippen LogP contribution in [0.5, 0.6) is 0 Å². The van der Waals surface area contributed by atoms with E-state index >= 15 is 0 Å². The van der Waals surface area contributed by atoms with Crippen molar-refractivity contribution in [3.63, 3.8) is 0 Å². The van der Waals surface area contributed by atoms with E-state index in [0.717, 1.165) is 10.6 Å². The topological polar surface area (TPSA) is 50.1 Å². The molecule has 2 rings (SSSR count). The number of rotatable bonds is 6. The number of hydrogen-bond acceptors (Lipinski definition) is 3. The maximum absolute atomic E-state index is 11.5. The summed E-state index contributed by atoms with van der Waals surface area (Å²) in [5.74, 6) is -0.0275. The van der Waals surface area contributed by atoms with Crippen LogP contribution >= 0.6 is 11.6 Å². The van der Waals surface area contributed by atoms with E-state index in [1.807, 2.05) is 12.1 Å². The summed E-state index contributed by atoms with van der Waals surface area (Å²) in [6, 6.07) is 8.25. The van der Waals surface area contributed by atoms with E-state index in [1.165, 1.54) is 37.7 Å². The first kappa shape index (κ1) is 17.8. The van der Waals surface area contributed by atoms with Crippen molar-refractivity contribution >= 4 is 17.6 Å². The Bertz CT molecular complexity index is 573. The molecule has 0 bridgehead atoms. The second kappa shape index (κ2) is 8.93. The lowest BCUT2D eigenvalue weighted by Crippen LogP contribution is -2.08. The first-order chi connectivity index (χ1) is 11.2. The first-order valence-electron chi connectivity index (χ1n) is 8.50. The number of carbonyl (C=O) groups is 1. The Balaban J connectivity index is 2.05. The second-order valence-electron chi connectivity index (χ2n) is 6.14. The number of ether oxygens (including phenoxy) is 1. The van der Waals surface area contributed by atoms with Gasteiger partial charge in [-0.2, -0.15) is 5.26 Å². The van der Waals surface area contributed by atoms with E-state index in [9.17, 15) is 10.1 Å². The molecule has 1 fully saturated rings. The lowest BCUT2D eigenvalue weighted by molar-refractivity contribution is -0.143. The maximum atomic E-state index is 11.5. The minimum Gasteiger partial charge on any atom is -0.466 e. The Kier molecular flexibility index (Phi) is 6.92. The molecule has 3 nitrogen and oxygen atoms in total. The van der Waals surface area contributed by atoms with Crippen LogP contribution in [0.1, 0.15) is 74.8 Å². The van der Waals surface area contributed by atoms with Crippen LogP contribution < -0.4 is 0 Å². The summed E-state index contributed by atoms with van der Waals surface area (Å²) >= 11 is 6.48. The maximum Gasteiger partial charge on any atom is 0.305 e. The number of nitrogens with zero attached hydrogens (tertiary/aromatic N) is 1.